The first kappa shape index (κ1) is 17.5. The minimum atomic E-state index is -0.588. The van der Waals surface area contributed by atoms with E-state index in [0.717, 1.165) is 5.56 Å². The SMILES string of the molecule is O=C(Nc1cc2c(C=Cc3ccc(F)cc3)n[nH]c2cc1F)c1ccccn1. The van der Waals surface area contributed by atoms with Gasteiger partial charge in [-0.1, -0.05) is 24.3 Å². The maximum absolute atomic E-state index is 14.4. The lowest BCUT2D eigenvalue weighted by molar-refractivity contribution is 0.102. The minimum Gasteiger partial charge on any atom is -0.318 e. The molecule has 0 unspecified atom stereocenters. The fourth-order valence-corrected chi connectivity index (χ4v) is 2.71. The maximum atomic E-state index is 14.4. The van der Waals surface area contributed by atoms with E-state index >= 15 is 0 Å². The molecule has 0 aliphatic heterocycles. The van der Waals surface area contributed by atoms with Crippen molar-refractivity contribution in [2.24, 2.45) is 0 Å². The number of carbonyl (C=O) groups excluding carboxylic acids is 1. The monoisotopic (exact) mass is 376 g/mol. The number of nitrogens with one attached hydrogen (secondary N) is 2. The third-order valence-corrected chi connectivity index (χ3v) is 4.13. The number of carbonyl (C=O) groups is 1. The maximum Gasteiger partial charge on any atom is 0.274 e. The van der Waals surface area contributed by atoms with E-state index < -0.39 is 11.7 Å². The number of aromatic nitrogens is 3. The van der Waals surface area contributed by atoms with Crippen LogP contribution in [-0.4, -0.2) is 21.1 Å². The number of aromatic amines is 1. The molecule has 0 saturated heterocycles. The Morgan fingerprint density at radius 2 is 1.86 bits per heavy atom. The van der Waals surface area contributed by atoms with Crippen LogP contribution < -0.4 is 5.32 Å². The van der Waals surface area contributed by atoms with Crippen molar-refractivity contribution in [1.82, 2.24) is 15.2 Å². The van der Waals surface area contributed by atoms with Crippen LogP contribution in [0.1, 0.15) is 21.7 Å². The molecule has 0 fully saturated rings. The minimum absolute atomic E-state index is 0.0287. The van der Waals surface area contributed by atoms with Crippen molar-refractivity contribution in [1.29, 1.82) is 0 Å². The Labute approximate surface area is 158 Å². The highest BCUT2D eigenvalue weighted by molar-refractivity contribution is 6.04. The predicted octanol–water partition coefficient (Wildman–Crippen LogP) is 4.66. The third-order valence-electron chi connectivity index (χ3n) is 4.13. The van der Waals surface area contributed by atoms with Crippen molar-refractivity contribution in [2.75, 3.05) is 5.32 Å². The molecule has 4 rings (SSSR count). The number of halogens is 2. The van der Waals surface area contributed by atoms with Crippen LogP contribution in [0.4, 0.5) is 14.5 Å². The summed E-state index contributed by atoms with van der Waals surface area (Å²) in [7, 11) is 0. The Balaban J connectivity index is 1.64. The summed E-state index contributed by atoms with van der Waals surface area (Å²) in [4.78, 5) is 16.2. The van der Waals surface area contributed by atoms with E-state index in [1.165, 1.54) is 30.5 Å². The van der Waals surface area contributed by atoms with Gasteiger partial charge in [-0.05, 0) is 42.0 Å². The summed E-state index contributed by atoms with van der Waals surface area (Å²) in [5, 5.41) is 10.1. The fraction of sp³-hybridized carbons (Fsp3) is 0. The summed E-state index contributed by atoms with van der Waals surface area (Å²) in [6.07, 6.45) is 4.99. The van der Waals surface area contributed by atoms with E-state index in [4.69, 9.17) is 0 Å². The van der Waals surface area contributed by atoms with E-state index in [1.807, 2.05) is 0 Å². The zero-order valence-corrected chi connectivity index (χ0v) is 14.5. The lowest BCUT2D eigenvalue weighted by Gasteiger charge is -2.06. The summed E-state index contributed by atoms with van der Waals surface area (Å²) < 4.78 is 27.4. The molecule has 2 heterocycles. The quantitative estimate of drug-likeness (QED) is 0.544. The molecule has 138 valence electrons. The van der Waals surface area contributed by atoms with Crippen molar-refractivity contribution in [3.63, 3.8) is 0 Å². The number of benzene rings is 2. The first-order chi connectivity index (χ1) is 13.6. The molecule has 0 spiro atoms. The molecule has 7 heteroatoms. The molecule has 28 heavy (non-hydrogen) atoms. The molecule has 2 aromatic carbocycles. The van der Waals surface area contributed by atoms with Gasteiger partial charge >= 0.3 is 0 Å². The van der Waals surface area contributed by atoms with E-state index in [-0.39, 0.29) is 17.2 Å². The lowest BCUT2D eigenvalue weighted by atomic mass is 10.1. The van der Waals surface area contributed by atoms with Crippen LogP contribution in [0, 0.1) is 11.6 Å². The summed E-state index contributed by atoms with van der Waals surface area (Å²) in [6, 6.07) is 13.7. The number of H-pyrrole nitrogens is 1. The number of anilines is 1. The Morgan fingerprint density at radius 1 is 1.04 bits per heavy atom. The van der Waals surface area contributed by atoms with E-state index in [0.29, 0.717) is 16.6 Å². The molecule has 4 aromatic rings. The van der Waals surface area contributed by atoms with E-state index in [2.05, 4.69) is 20.5 Å². The predicted molar refractivity (Wildman–Crippen MR) is 104 cm³/mol. The molecule has 0 radical (unpaired) electrons. The molecule has 0 aliphatic carbocycles. The molecular formula is C21H14F2N4O. The normalized spacial score (nSPS) is 11.2. The smallest absolute Gasteiger partial charge is 0.274 e. The van der Waals surface area contributed by atoms with Gasteiger partial charge in [0, 0.05) is 17.6 Å². The van der Waals surface area contributed by atoms with Crippen molar-refractivity contribution >= 4 is 34.6 Å². The van der Waals surface area contributed by atoms with Crippen molar-refractivity contribution in [3.8, 4) is 0 Å². The van der Waals surface area contributed by atoms with Gasteiger partial charge in [0.15, 0.2) is 0 Å². The van der Waals surface area contributed by atoms with E-state index in [9.17, 15) is 13.6 Å². The molecule has 0 saturated carbocycles. The lowest BCUT2D eigenvalue weighted by Crippen LogP contribution is -2.14. The Morgan fingerprint density at radius 3 is 2.61 bits per heavy atom. The number of amides is 1. The van der Waals surface area contributed by atoms with Gasteiger partial charge in [0.05, 0.1) is 16.9 Å². The van der Waals surface area contributed by atoms with Crippen LogP contribution in [0.25, 0.3) is 23.1 Å². The van der Waals surface area contributed by atoms with Gasteiger partial charge < -0.3 is 5.32 Å². The van der Waals surface area contributed by atoms with Crippen molar-refractivity contribution in [2.45, 2.75) is 0 Å². The average Bonchev–Trinajstić information content (AvgIpc) is 3.10. The van der Waals surface area contributed by atoms with Crippen LogP contribution in [-0.2, 0) is 0 Å². The largest absolute Gasteiger partial charge is 0.318 e. The van der Waals surface area contributed by atoms with Gasteiger partial charge in [0.2, 0.25) is 0 Å². The Hall–Kier alpha value is -3.87. The Kier molecular flexibility index (Phi) is 4.63. The second-order valence-electron chi connectivity index (χ2n) is 6.04. The number of pyridine rings is 1. The first-order valence-electron chi connectivity index (χ1n) is 8.44. The van der Waals surface area contributed by atoms with Gasteiger partial charge in [0.25, 0.3) is 5.91 Å². The van der Waals surface area contributed by atoms with Crippen LogP contribution in [0.15, 0.2) is 60.8 Å². The molecule has 2 aromatic heterocycles. The summed E-state index contributed by atoms with van der Waals surface area (Å²) in [5.74, 6) is -1.41. The average molecular weight is 376 g/mol. The van der Waals surface area contributed by atoms with Gasteiger partial charge in [0.1, 0.15) is 17.3 Å². The number of nitrogens with zero attached hydrogens (tertiary/aromatic N) is 2. The number of hydrogen-bond donors (Lipinski definition) is 2. The van der Waals surface area contributed by atoms with Gasteiger partial charge in [-0.25, -0.2) is 8.78 Å². The van der Waals surface area contributed by atoms with Crippen LogP contribution in [0.5, 0.6) is 0 Å². The highest BCUT2D eigenvalue weighted by Gasteiger charge is 2.13. The highest BCUT2D eigenvalue weighted by atomic mass is 19.1. The standard InChI is InChI=1S/C21H14F2N4O/c22-14-7-4-13(5-8-14)6-9-17-15-11-20(16(23)12-19(15)27-26-17)25-21(28)18-3-1-2-10-24-18/h1-12H,(H,25,28)(H,26,27). The third kappa shape index (κ3) is 3.64. The van der Waals surface area contributed by atoms with Gasteiger partial charge in [-0.2, -0.15) is 5.10 Å². The second kappa shape index (κ2) is 7.40. The van der Waals surface area contributed by atoms with Crippen LogP contribution >= 0.6 is 0 Å². The molecule has 0 bridgehead atoms. The van der Waals surface area contributed by atoms with Gasteiger partial charge in [-0.3, -0.25) is 14.9 Å². The molecule has 0 atom stereocenters. The fourth-order valence-electron chi connectivity index (χ4n) is 2.71. The highest BCUT2D eigenvalue weighted by Crippen LogP contribution is 2.25. The van der Waals surface area contributed by atoms with Gasteiger partial charge in [-0.15, -0.1) is 0 Å². The summed E-state index contributed by atoms with van der Waals surface area (Å²) in [5.41, 5.74) is 2.06. The topological polar surface area (TPSA) is 70.7 Å². The second-order valence-corrected chi connectivity index (χ2v) is 6.04. The zero-order chi connectivity index (χ0) is 19.5. The molecule has 1 amide bonds. The number of fused-ring (bicyclic) bond motifs is 1. The van der Waals surface area contributed by atoms with E-state index in [1.54, 1.807) is 42.5 Å². The number of hydrogen-bond acceptors (Lipinski definition) is 3. The van der Waals surface area contributed by atoms with Crippen molar-refractivity contribution in [3.05, 3.63) is 89.4 Å². The Bertz CT molecular complexity index is 1170. The molecular weight excluding hydrogens is 362 g/mol. The molecule has 5 nitrogen and oxygen atoms in total. The van der Waals surface area contributed by atoms with Crippen LogP contribution in [0.2, 0.25) is 0 Å². The number of rotatable bonds is 4. The molecule has 0 aliphatic rings. The summed E-state index contributed by atoms with van der Waals surface area (Å²) in [6.45, 7) is 0. The molecule has 2 N–H and O–H groups in total. The van der Waals surface area contributed by atoms with Crippen LogP contribution in [0.3, 0.4) is 0 Å². The zero-order valence-electron chi connectivity index (χ0n) is 14.5. The van der Waals surface area contributed by atoms with Crippen molar-refractivity contribution < 1.29 is 13.6 Å². The first-order valence-corrected chi connectivity index (χ1v) is 8.44. The summed E-state index contributed by atoms with van der Waals surface area (Å²) >= 11 is 0.